The van der Waals surface area contributed by atoms with Crippen molar-refractivity contribution in [3.8, 4) is 5.75 Å². The first-order valence-corrected chi connectivity index (χ1v) is 6.86. The van der Waals surface area contributed by atoms with Crippen LogP contribution in [0.1, 0.15) is 5.56 Å². The van der Waals surface area contributed by atoms with Crippen molar-refractivity contribution in [2.24, 2.45) is 0 Å². The molecule has 0 bridgehead atoms. The van der Waals surface area contributed by atoms with Crippen LogP contribution in [0.25, 0.3) is 0 Å². The van der Waals surface area contributed by atoms with Crippen molar-refractivity contribution < 1.29 is 4.74 Å². The molecule has 1 heterocycles. The second-order valence-electron chi connectivity index (χ2n) is 4.46. The quantitative estimate of drug-likeness (QED) is 0.730. The number of anilines is 2. The molecule has 0 aliphatic rings. The number of nitrogens with one attached hydrogen (secondary N) is 2. The summed E-state index contributed by atoms with van der Waals surface area (Å²) in [5, 5.41) is 6.35. The van der Waals surface area contributed by atoms with Gasteiger partial charge in [-0.25, -0.2) is 4.98 Å². The van der Waals surface area contributed by atoms with E-state index in [0.717, 1.165) is 24.5 Å². The Balaban J connectivity index is 1.83. The van der Waals surface area contributed by atoms with Crippen molar-refractivity contribution in [3.63, 3.8) is 0 Å². The molecule has 1 aromatic heterocycles. The van der Waals surface area contributed by atoms with Crippen LogP contribution >= 0.6 is 0 Å². The summed E-state index contributed by atoms with van der Waals surface area (Å²) in [6.45, 7) is 5.12. The van der Waals surface area contributed by atoms with E-state index in [9.17, 15) is 0 Å². The molecule has 2 rings (SSSR count). The maximum absolute atomic E-state index is 5.14. The maximum Gasteiger partial charge on any atom is 0.224 e. The zero-order valence-electron chi connectivity index (χ0n) is 12.2. The molecule has 5 heteroatoms. The van der Waals surface area contributed by atoms with Crippen LogP contribution < -0.4 is 15.4 Å². The summed E-state index contributed by atoms with van der Waals surface area (Å²) in [5.41, 5.74) is 1.24. The van der Waals surface area contributed by atoms with Gasteiger partial charge in [-0.2, -0.15) is 4.98 Å². The Hall–Kier alpha value is -2.56. The monoisotopic (exact) mass is 284 g/mol. The SMILES string of the molecule is C=CCNc1ccnc(NCCc2ccc(OC)cc2)n1. The van der Waals surface area contributed by atoms with Gasteiger partial charge in [0.2, 0.25) is 5.95 Å². The number of ether oxygens (including phenoxy) is 1. The molecule has 21 heavy (non-hydrogen) atoms. The number of nitrogens with zero attached hydrogens (tertiary/aromatic N) is 2. The van der Waals surface area contributed by atoms with Crippen molar-refractivity contribution in [2.45, 2.75) is 6.42 Å². The van der Waals surface area contributed by atoms with Gasteiger partial charge >= 0.3 is 0 Å². The predicted octanol–water partition coefficient (Wildman–Crippen LogP) is 2.74. The number of methoxy groups -OCH3 is 1. The molecular weight excluding hydrogens is 264 g/mol. The first-order valence-electron chi connectivity index (χ1n) is 6.86. The smallest absolute Gasteiger partial charge is 0.224 e. The van der Waals surface area contributed by atoms with Crippen molar-refractivity contribution >= 4 is 11.8 Å². The first-order chi connectivity index (χ1) is 10.3. The largest absolute Gasteiger partial charge is 0.497 e. The Morgan fingerprint density at radius 2 is 2.00 bits per heavy atom. The zero-order valence-corrected chi connectivity index (χ0v) is 12.2. The Morgan fingerprint density at radius 3 is 2.71 bits per heavy atom. The van der Waals surface area contributed by atoms with E-state index in [1.807, 2.05) is 18.2 Å². The highest BCUT2D eigenvalue weighted by atomic mass is 16.5. The predicted molar refractivity (Wildman–Crippen MR) is 85.9 cm³/mol. The molecule has 110 valence electrons. The molecule has 0 amide bonds. The molecule has 2 N–H and O–H groups in total. The number of hydrogen-bond acceptors (Lipinski definition) is 5. The first kappa shape index (κ1) is 14.8. The minimum Gasteiger partial charge on any atom is -0.497 e. The Bertz CT molecular complexity index is 569. The second kappa shape index (κ2) is 7.89. The van der Waals surface area contributed by atoms with E-state index in [0.29, 0.717) is 12.5 Å². The molecule has 0 saturated heterocycles. The molecule has 0 atom stereocenters. The van der Waals surface area contributed by atoms with Crippen LogP contribution in [0.3, 0.4) is 0 Å². The van der Waals surface area contributed by atoms with E-state index < -0.39 is 0 Å². The number of aromatic nitrogens is 2. The van der Waals surface area contributed by atoms with E-state index in [4.69, 9.17) is 4.74 Å². The van der Waals surface area contributed by atoms with E-state index in [2.05, 4.69) is 39.3 Å². The fourth-order valence-corrected chi connectivity index (χ4v) is 1.83. The fraction of sp³-hybridized carbons (Fsp3) is 0.250. The molecule has 0 saturated carbocycles. The highest BCUT2D eigenvalue weighted by Gasteiger charge is 1.99. The van der Waals surface area contributed by atoms with Gasteiger partial charge in [0.25, 0.3) is 0 Å². The van der Waals surface area contributed by atoms with Crippen molar-refractivity contribution in [1.82, 2.24) is 9.97 Å². The average Bonchev–Trinajstić information content (AvgIpc) is 2.54. The summed E-state index contributed by atoms with van der Waals surface area (Å²) in [6.07, 6.45) is 4.42. The Morgan fingerprint density at radius 1 is 1.19 bits per heavy atom. The molecule has 0 aliphatic carbocycles. The molecule has 1 aromatic carbocycles. The lowest BCUT2D eigenvalue weighted by Crippen LogP contribution is -2.09. The van der Waals surface area contributed by atoms with E-state index in [1.54, 1.807) is 19.4 Å². The van der Waals surface area contributed by atoms with Crippen LogP contribution in [0.4, 0.5) is 11.8 Å². The molecule has 0 spiro atoms. The van der Waals surface area contributed by atoms with Gasteiger partial charge in [0, 0.05) is 19.3 Å². The van der Waals surface area contributed by atoms with Gasteiger partial charge in [-0.1, -0.05) is 18.2 Å². The third-order valence-electron chi connectivity index (χ3n) is 2.94. The number of rotatable bonds is 8. The van der Waals surface area contributed by atoms with Crippen LogP contribution in [0.5, 0.6) is 5.75 Å². The normalized spacial score (nSPS) is 9.95. The molecule has 0 unspecified atom stereocenters. The second-order valence-corrected chi connectivity index (χ2v) is 4.46. The van der Waals surface area contributed by atoms with E-state index in [1.165, 1.54) is 5.56 Å². The van der Waals surface area contributed by atoms with Gasteiger partial charge in [-0.15, -0.1) is 6.58 Å². The average molecular weight is 284 g/mol. The van der Waals surface area contributed by atoms with Crippen molar-refractivity contribution in [1.29, 1.82) is 0 Å². The third kappa shape index (κ3) is 4.80. The maximum atomic E-state index is 5.14. The standard InChI is InChI=1S/C16H20N4O/c1-3-10-17-15-9-12-19-16(20-15)18-11-8-13-4-6-14(21-2)7-5-13/h3-7,9,12H,1,8,10-11H2,2H3,(H2,17,18,19,20). The van der Waals surface area contributed by atoms with Crippen LogP contribution in [0.15, 0.2) is 49.2 Å². The van der Waals surface area contributed by atoms with Crippen LogP contribution in [-0.2, 0) is 6.42 Å². The molecular formula is C16H20N4O. The summed E-state index contributed by atoms with van der Waals surface area (Å²) >= 11 is 0. The molecule has 2 aromatic rings. The van der Waals surface area contributed by atoms with Gasteiger partial charge in [-0.05, 0) is 30.2 Å². The highest BCUT2D eigenvalue weighted by Crippen LogP contribution is 2.12. The summed E-state index contributed by atoms with van der Waals surface area (Å²) in [6, 6.07) is 9.88. The zero-order chi connectivity index (χ0) is 14.9. The molecule has 0 aliphatic heterocycles. The summed E-state index contributed by atoms with van der Waals surface area (Å²) in [5.74, 6) is 2.28. The number of hydrogen-bond donors (Lipinski definition) is 2. The van der Waals surface area contributed by atoms with Crippen molar-refractivity contribution in [3.05, 3.63) is 54.7 Å². The molecule has 0 fully saturated rings. The lowest BCUT2D eigenvalue weighted by atomic mass is 10.1. The number of benzene rings is 1. The van der Waals surface area contributed by atoms with Crippen LogP contribution in [-0.4, -0.2) is 30.2 Å². The summed E-state index contributed by atoms with van der Waals surface area (Å²) in [7, 11) is 1.67. The lowest BCUT2D eigenvalue weighted by Gasteiger charge is -2.07. The van der Waals surface area contributed by atoms with Crippen LogP contribution in [0, 0.1) is 0 Å². The van der Waals surface area contributed by atoms with Gasteiger partial charge < -0.3 is 15.4 Å². The summed E-state index contributed by atoms with van der Waals surface area (Å²) < 4.78 is 5.14. The third-order valence-corrected chi connectivity index (χ3v) is 2.94. The van der Waals surface area contributed by atoms with E-state index >= 15 is 0 Å². The van der Waals surface area contributed by atoms with Crippen LogP contribution in [0.2, 0.25) is 0 Å². The van der Waals surface area contributed by atoms with Gasteiger partial charge in [0.15, 0.2) is 0 Å². The van der Waals surface area contributed by atoms with E-state index in [-0.39, 0.29) is 0 Å². The minimum atomic E-state index is 0.623. The van der Waals surface area contributed by atoms with Gasteiger partial charge in [0.05, 0.1) is 7.11 Å². The van der Waals surface area contributed by atoms with Gasteiger partial charge in [-0.3, -0.25) is 0 Å². The highest BCUT2D eigenvalue weighted by molar-refractivity contribution is 5.40. The topological polar surface area (TPSA) is 59.1 Å². The molecule has 0 radical (unpaired) electrons. The van der Waals surface area contributed by atoms with Crippen molar-refractivity contribution in [2.75, 3.05) is 30.8 Å². The minimum absolute atomic E-state index is 0.623. The molecule has 5 nitrogen and oxygen atoms in total. The summed E-state index contributed by atoms with van der Waals surface area (Å²) in [4.78, 5) is 8.57. The Kier molecular flexibility index (Phi) is 5.58. The Labute approximate surface area is 125 Å². The fourth-order valence-electron chi connectivity index (χ4n) is 1.83. The lowest BCUT2D eigenvalue weighted by molar-refractivity contribution is 0.414. The van der Waals surface area contributed by atoms with Gasteiger partial charge in [0.1, 0.15) is 11.6 Å².